The average molecular weight is 247 g/mol. The van der Waals surface area contributed by atoms with Gasteiger partial charge in [0.15, 0.2) is 0 Å². The second kappa shape index (κ2) is 5.31. The van der Waals surface area contributed by atoms with Gasteiger partial charge in [-0.05, 0) is 18.9 Å². The Labute approximate surface area is 106 Å². The highest BCUT2D eigenvalue weighted by Gasteiger charge is 2.38. The van der Waals surface area contributed by atoms with Gasteiger partial charge in [0.1, 0.15) is 11.8 Å². The summed E-state index contributed by atoms with van der Waals surface area (Å²) in [7, 11) is 0. The number of hydrogen-bond donors (Lipinski definition) is 1. The summed E-state index contributed by atoms with van der Waals surface area (Å²) in [6.07, 6.45) is 0.428. The lowest BCUT2D eigenvalue weighted by molar-refractivity contribution is -0.142. The van der Waals surface area contributed by atoms with Crippen LogP contribution in [0, 0.1) is 5.92 Å². The molecule has 0 spiro atoms. The molecule has 1 saturated heterocycles. The number of Topliss-reactive ketones (excluding diaryl/α,β-unsaturated/α-hetero) is 1. The quantitative estimate of drug-likeness (QED) is 0.877. The first kappa shape index (κ1) is 12.8. The zero-order valence-corrected chi connectivity index (χ0v) is 10.4. The highest BCUT2D eigenvalue weighted by atomic mass is 16.4. The molecular weight excluding hydrogens is 230 g/mol. The summed E-state index contributed by atoms with van der Waals surface area (Å²) in [5.74, 6) is -0.902. The maximum absolute atomic E-state index is 11.4. The molecule has 2 atom stereocenters. The molecule has 1 fully saturated rings. The third-order valence-corrected chi connectivity index (χ3v) is 3.49. The lowest BCUT2D eigenvalue weighted by atomic mass is 10.0. The Morgan fingerprint density at radius 1 is 1.33 bits per heavy atom. The third kappa shape index (κ3) is 2.76. The predicted octanol–water partition coefficient (Wildman–Crippen LogP) is 1.55. The standard InChI is InChI=1S/C14H17NO3/c1-10(16)12-7-13(14(17)18)15(9-12)8-11-5-3-2-4-6-11/h2-6,12-13H,7-9H2,1H3,(H,17,18). The molecule has 2 rings (SSSR count). The third-order valence-electron chi connectivity index (χ3n) is 3.49. The number of hydrogen-bond acceptors (Lipinski definition) is 3. The maximum atomic E-state index is 11.4. The van der Waals surface area contributed by atoms with E-state index in [9.17, 15) is 14.7 Å². The lowest BCUT2D eigenvalue weighted by Crippen LogP contribution is -2.35. The fourth-order valence-corrected chi connectivity index (χ4v) is 2.45. The molecule has 2 unspecified atom stereocenters. The van der Waals surface area contributed by atoms with Gasteiger partial charge in [-0.25, -0.2) is 0 Å². The Hall–Kier alpha value is -1.68. The van der Waals surface area contributed by atoms with Crippen LogP contribution in [0.15, 0.2) is 30.3 Å². The van der Waals surface area contributed by atoms with Gasteiger partial charge < -0.3 is 5.11 Å². The Bertz CT molecular complexity index is 444. The first-order valence-electron chi connectivity index (χ1n) is 6.09. The van der Waals surface area contributed by atoms with Crippen molar-refractivity contribution in [2.75, 3.05) is 6.54 Å². The van der Waals surface area contributed by atoms with Crippen LogP contribution in [0.4, 0.5) is 0 Å². The van der Waals surface area contributed by atoms with Crippen LogP contribution in [0.1, 0.15) is 18.9 Å². The minimum absolute atomic E-state index is 0.0804. The smallest absolute Gasteiger partial charge is 0.320 e. The largest absolute Gasteiger partial charge is 0.480 e. The van der Waals surface area contributed by atoms with Gasteiger partial charge in [0, 0.05) is 19.0 Å². The molecule has 1 aliphatic heterocycles. The number of nitrogens with zero attached hydrogens (tertiary/aromatic N) is 1. The van der Waals surface area contributed by atoms with Crippen molar-refractivity contribution >= 4 is 11.8 Å². The van der Waals surface area contributed by atoms with E-state index in [1.807, 2.05) is 35.2 Å². The molecule has 1 aliphatic rings. The number of rotatable bonds is 4. The highest BCUT2D eigenvalue weighted by Crippen LogP contribution is 2.26. The van der Waals surface area contributed by atoms with Crippen LogP contribution in [-0.4, -0.2) is 34.3 Å². The van der Waals surface area contributed by atoms with Gasteiger partial charge in [-0.2, -0.15) is 0 Å². The van der Waals surface area contributed by atoms with Crippen molar-refractivity contribution in [2.24, 2.45) is 5.92 Å². The Kier molecular flexibility index (Phi) is 3.77. The van der Waals surface area contributed by atoms with Crippen molar-refractivity contribution in [1.82, 2.24) is 4.90 Å². The molecule has 4 nitrogen and oxygen atoms in total. The van der Waals surface area contributed by atoms with Gasteiger partial charge in [-0.3, -0.25) is 14.5 Å². The van der Waals surface area contributed by atoms with E-state index in [1.165, 1.54) is 6.92 Å². The normalized spacial score (nSPS) is 24.1. The van der Waals surface area contributed by atoms with Crippen molar-refractivity contribution < 1.29 is 14.7 Å². The van der Waals surface area contributed by atoms with E-state index in [0.717, 1.165) is 5.56 Å². The molecule has 1 aromatic rings. The summed E-state index contributed by atoms with van der Waals surface area (Å²) >= 11 is 0. The number of aliphatic carboxylic acids is 1. The number of carboxylic acids is 1. The zero-order valence-electron chi connectivity index (χ0n) is 10.4. The van der Waals surface area contributed by atoms with Crippen molar-refractivity contribution in [2.45, 2.75) is 25.9 Å². The molecular formula is C14H17NO3. The highest BCUT2D eigenvalue weighted by molar-refractivity contribution is 5.81. The van der Waals surface area contributed by atoms with Crippen LogP contribution in [0.5, 0.6) is 0 Å². The summed E-state index contributed by atoms with van der Waals surface area (Å²) in [4.78, 5) is 24.5. The van der Waals surface area contributed by atoms with Crippen LogP contribution in [0.3, 0.4) is 0 Å². The summed E-state index contributed by atoms with van der Waals surface area (Å²) < 4.78 is 0. The number of likely N-dealkylation sites (tertiary alicyclic amines) is 1. The fraction of sp³-hybridized carbons (Fsp3) is 0.429. The Balaban J connectivity index is 2.10. The summed E-state index contributed by atoms with van der Waals surface area (Å²) in [6.45, 7) is 2.67. The molecule has 0 saturated carbocycles. The average Bonchev–Trinajstić information content (AvgIpc) is 2.74. The Morgan fingerprint density at radius 3 is 2.56 bits per heavy atom. The number of carboxylic acid groups (broad SMARTS) is 1. The molecule has 1 heterocycles. The van der Waals surface area contributed by atoms with Crippen LogP contribution < -0.4 is 0 Å². The van der Waals surface area contributed by atoms with Crippen molar-refractivity contribution in [1.29, 1.82) is 0 Å². The van der Waals surface area contributed by atoms with Crippen molar-refractivity contribution in [3.8, 4) is 0 Å². The molecule has 1 aromatic carbocycles. The minimum Gasteiger partial charge on any atom is -0.480 e. The first-order valence-corrected chi connectivity index (χ1v) is 6.09. The lowest BCUT2D eigenvalue weighted by Gasteiger charge is -2.20. The van der Waals surface area contributed by atoms with Crippen molar-refractivity contribution in [3.63, 3.8) is 0 Å². The number of carbonyl (C=O) groups excluding carboxylic acids is 1. The van der Waals surface area contributed by atoms with E-state index in [2.05, 4.69) is 0 Å². The molecule has 18 heavy (non-hydrogen) atoms. The molecule has 96 valence electrons. The van der Waals surface area contributed by atoms with E-state index >= 15 is 0 Å². The van der Waals surface area contributed by atoms with E-state index < -0.39 is 12.0 Å². The van der Waals surface area contributed by atoms with Crippen LogP contribution in [-0.2, 0) is 16.1 Å². The first-order chi connectivity index (χ1) is 8.58. The monoisotopic (exact) mass is 247 g/mol. The predicted molar refractivity (Wildman–Crippen MR) is 67.1 cm³/mol. The van der Waals surface area contributed by atoms with Gasteiger partial charge in [0.05, 0.1) is 0 Å². The number of benzene rings is 1. The molecule has 4 heteroatoms. The van der Waals surface area contributed by atoms with E-state index in [-0.39, 0.29) is 11.7 Å². The minimum atomic E-state index is -0.838. The van der Waals surface area contributed by atoms with Gasteiger partial charge in [-0.1, -0.05) is 30.3 Å². The van der Waals surface area contributed by atoms with E-state index in [4.69, 9.17) is 0 Å². The van der Waals surface area contributed by atoms with Crippen LogP contribution >= 0.6 is 0 Å². The van der Waals surface area contributed by atoms with E-state index in [0.29, 0.717) is 19.5 Å². The SMILES string of the molecule is CC(=O)C1CC(C(=O)O)N(Cc2ccccc2)C1. The Morgan fingerprint density at radius 2 is 2.00 bits per heavy atom. The molecule has 0 bridgehead atoms. The van der Waals surface area contributed by atoms with Crippen LogP contribution in [0.2, 0.25) is 0 Å². The van der Waals surface area contributed by atoms with Gasteiger partial charge >= 0.3 is 5.97 Å². The molecule has 0 aliphatic carbocycles. The fourth-order valence-electron chi connectivity index (χ4n) is 2.45. The second-order valence-corrected chi connectivity index (χ2v) is 4.81. The summed E-state index contributed by atoms with van der Waals surface area (Å²) in [6, 6.07) is 9.20. The van der Waals surface area contributed by atoms with Gasteiger partial charge in [0.2, 0.25) is 0 Å². The topological polar surface area (TPSA) is 57.6 Å². The van der Waals surface area contributed by atoms with Gasteiger partial charge in [-0.15, -0.1) is 0 Å². The molecule has 1 N–H and O–H groups in total. The number of ketones is 1. The van der Waals surface area contributed by atoms with Crippen LogP contribution in [0.25, 0.3) is 0 Å². The summed E-state index contributed by atoms with van der Waals surface area (Å²) in [5, 5.41) is 9.21. The second-order valence-electron chi connectivity index (χ2n) is 4.81. The molecule has 0 amide bonds. The maximum Gasteiger partial charge on any atom is 0.320 e. The molecule has 0 aromatic heterocycles. The molecule has 0 radical (unpaired) electrons. The zero-order chi connectivity index (χ0) is 13.1. The van der Waals surface area contributed by atoms with Gasteiger partial charge in [0.25, 0.3) is 0 Å². The van der Waals surface area contributed by atoms with E-state index in [1.54, 1.807) is 0 Å². The van der Waals surface area contributed by atoms with Crippen molar-refractivity contribution in [3.05, 3.63) is 35.9 Å². The summed E-state index contributed by atoms with van der Waals surface area (Å²) in [5.41, 5.74) is 1.08. The number of carbonyl (C=O) groups is 2.